The van der Waals surface area contributed by atoms with E-state index in [-0.39, 0.29) is 5.56 Å². The number of carboxylic acids is 1. The maximum Gasteiger partial charge on any atom is 0.335 e. The Morgan fingerprint density at radius 1 is 1.06 bits per heavy atom. The normalized spacial score (nSPS) is 10.2. The number of benzene rings is 2. The smallest absolute Gasteiger partial charge is 0.335 e. The predicted octanol–water partition coefficient (Wildman–Crippen LogP) is 2.14. The molecule has 0 aromatic heterocycles. The van der Waals surface area contributed by atoms with Crippen molar-refractivity contribution in [2.45, 2.75) is 6.42 Å². The van der Waals surface area contributed by atoms with E-state index in [4.69, 9.17) is 16.6 Å². The van der Waals surface area contributed by atoms with Crippen LogP contribution in [0.4, 0.5) is 11.4 Å². The summed E-state index contributed by atoms with van der Waals surface area (Å²) in [4.78, 5) is 10.7. The van der Waals surface area contributed by atoms with E-state index in [1.165, 1.54) is 0 Å². The van der Waals surface area contributed by atoms with Crippen molar-refractivity contribution in [2.75, 3.05) is 11.5 Å². The molecule has 2 aromatic rings. The number of nitrogens with two attached hydrogens (primary N) is 2. The minimum absolute atomic E-state index is 0.277. The van der Waals surface area contributed by atoms with Gasteiger partial charge in [0.25, 0.3) is 0 Å². The Hall–Kier alpha value is -2.49. The summed E-state index contributed by atoms with van der Waals surface area (Å²) in [6.07, 6.45) is 0.636. The molecule has 0 radical (unpaired) electrons. The summed E-state index contributed by atoms with van der Waals surface area (Å²) in [5.41, 5.74) is 15.1. The summed E-state index contributed by atoms with van der Waals surface area (Å²) in [6.45, 7) is 0. The van der Waals surface area contributed by atoms with Crippen molar-refractivity contribution in [3.8, 4) is 0 Å². The molecule has 2 rings (SSSR count). The third kappa shape index (κ3) is 2.60. The van der Waals surface area contributed by atoms with Crippen molar-refractivity contribution in [3.63, 3.8) is 0 Å². The summed E-state index contributed by atoms with van der Waals surface area (Å²) >= 11 is 0. The highest BCUT2D eigenvalue weighted by Crippen LogP contribution is 2.19. The molecule has 0 amide bonds. The van der Waals surface area contributed by atoms with Gasteiger partial charge in [0, 0.05) is 11.4 Å². The molecule has 0 aliphatic rings. The predicted molar refractivity (Wildman–Crippen MR) is 71.5 cm³/mol. The van der Waals surface area contributed by atoms with Crippen LogP contribution in [0.15, 0.2) is 42.5 Å². The molecule has 0 aliphatic heterocycles. The van der Waals surface area contributed by atoms with Crippen LogP contribution >= 0.6 is 0 Å². The van der Waals surface area contributed by atoms with Gasteiger partial charge in [-0.3, -0.25) is 0 Å². The molecule has 0 heterocycles. The maximum atomic E-state index is 10.7. The second-order valence-electron chi connectivity index (χ2n) is 4.14. The molecule has 5 N–H and O–H groups in total. The lowest BCUT2D eigenvalue weighted by atomic mass is 10.0. The van der Waals surface area contributed by atoms with E-state index in [0.29, 0.717) is 17.8 Å². The number of carbonyl (C=O) groups is 1. The number of nitrogen functional groups attached to an aromatic ring is 2. The Balaban J connectivity index is 2.23. The van der Waals surface area contributed by atoms with Gasteiger partial charge in [0.1, 0.15) is 0 Å². The second kappa shape index (κ2) is 4.79. The Labute approximate surface area is 105 Å². The fourth-order valence-corrected chi connectivity index (χ4v) is 1.76. The zero-order chi connectivity index (χ0) is 13.1. The van der Waals surface area contributed by atoms with E-state index in [2.05, 4.69) is 0 Å². The fraction of sp³-hybridized carbons (Fsp3) is 0.0714. The van der Waals surface area contributed by atoms with Crippen LogP contribution in [0.2, 0.25) is 0 Å². The Morgan fingerprint density at radius 3 is 2.33 bits per heavy atom. The van der Waals surface area contributed by atoms with Crippen LogP contribution in [-0.4, -0.2) is 11.1 Å². The number of carboxylic acid groups (broad SMARTS) is 1. The Kier molecular flexibility index (Phi) is 3.19. The molecule has 2 aromatic carbocycles. The highest BCUT2D eigenvalue weighted by molar-refractivity contribution is 5.87. The molecule has 4 nitrogen and oxygen atoms in total. The van der Waals surface area contributed by atoms with Gasteiger partial charge in [-0.25, -0.2) is 4.79 Å². The van der Waals surface area contributed by atoms with Crippen molar-refractivity contribution in [1.82, 2.24) is 0 Å². The lowest BCUT2D eigenvalue weighted by molar-refractivity contribution is 0.0697. The molecule has 0 atom stereocenters. The van der Waals surface area contributed by atoms with Gasteiger partial charge >= 0.3 is 5.97 Å². The number of hydrogen-bond acceptors (Lipinski definition) is 3. The Morgan fingerprint density at radius 2 is 1.72 bits per heavy atom. The van der Waals surface area contributed by atoms with E-state index in [1.54, 1.807) is 36.4 Å². The minimum Gasteiger partial charge on any atom is -0.478 e. The van der Waals surface area contributed by atoms with E-state index in [1.807, 2.05) is 6.07 Å². The van der Waals surface area contributed by atoms with Crippen LogP contribution in [-0.2, 0) is 6.42 Å². The topological polar surface area (TPSA) is 89.3 Å². The second-order valence-corrected chi connectivity index (χ2v) is 4.14. The first-order chi connectivity index (χ1) is 8.56. The highest BCUT2D eigenvalue weighted by Gasteiger charge is 2.04. The van der Waals surface area contributed by atoms with Gasteiger partial charge in [0.05, 0.1) is 5.56 Å². The molecule has 0 saturated heterocycles. The molecule has 92 valence electrons. The molecule has 0 saturated carbocycles. The number of aromatic carboxylic acids is 1. The SMILES string of the molecule is Nc1ccc(N)c(Cc2ccc(C(=O)O)cc2)c1. The lowest BCUT2D eigenvalue weighted by Crippen LogP contribution is -1.99. The van der Waals surface area contributed by atoms with Gasteiger partial charge < -0.3 is 16.6 Å². The quantitative estimate of drug-likeness (QED) is 0.719. The zero-order valence-corrected chi connectivity index (χ0v) is 9.76. The van der Waals surface area contributed by atoms with Crippen LogP contribution in [0.25, 0.3) is 0 Å². The number of hydrogen-bond donors (Lipinski definition) is 3. The van der Waals surface area contributed by atoms with Gasteiger partial charge in [-0.15, -0.1) is 0 Å². The minimum atomic E-state index is -0.926. The average molecular weight is 242 g/mol. The van der Waals surface area contributed by atoms with Crippen molar-refractivity contribution >= 4 is 17.3 Å². The molecule has 18 heavy (non-hydrogen) atoms. The first kappa shape index (κ1) is 12.0. The van der Waals surface area contributed by atoms with Gasteiger partial charge in [0.15, 0.2) is 0 Å². The molecule has 0 aliphatic carbocycles. The lowest BCUT2D eigenvalue weighted by Gasteiger charge is -2.07. The van der Waals surface area contributed by atoms with Crippen molar-refractivity contribution in [1.29, 1.82) is 0 Å². The van der Waals surface area contributed by atoms with Crippen molar-refractivity contribution in [2.24, 2.45) is 0 Å². The summed E-state index contributed by atoms with van der Waals surface area (Å²) in [6, 6.07) is 12.1. The molecule has 0 bridgehead atoms. The van der Waals surface area contributed by atoms with Crippen molar-refractivity contribution < 1.29 is 9.90 Å². The van der Waals surface area contributed by atoms with Gasteiger partial charge in [-0.2, -0.15) is 0 Å². The molecular formula is C14H14N2O2. The zero-order valence-electron chi connectivity index (χ0n) is 9.76. The third-order valence-corrected chi connectivity index (χ3v) is 2.76. The highest BCUT2D eigenvalue weighted by atomic mass is 16.4. The van der Waals surface area contributed by atoms with Crippen LogP contribution < -0.4 is 11.5 Å². The largest absolute Gasteiger partial charge is 0.478 e. The maximum absolute atomic E-state index is 10.7. The number of anilines is 2. The van der Waals surface area contributed by atoms with Crippen LogP contribution in [0, 0.1) is 0 Å². The van der Waals surface area contributed by atoms with Gasteiger partial charge in [0.2, 0.25) is 0 Å². The van der Waals surface area contributed by atoms with E-state index in [9.17, 15) is 4.79 Å². The first-order valence-corrected chi connectivity index (χ1v) is 5.52. The molecule has 4 heteroatoms. The summed E-state index contributed by atoms with van der Waals surface area (Å²) in [5, 5.41) is 8.81. The average Bonchev–Trinajstić information content (AvgIpc) is 2.34. The van der Waals surface area contributed by atoms with Gasteiger partial charge in [-0.05, 0) is 47.9 Å². The van der Waals surface area contributed by atoms with Crippen LogP contribution in [0.3, 0.4) is 0 Å². The molecular weight excluding hydrogens is 228 g/mol. The molecule has 0 fully saturated rings. The van der Waals surface area contributed by atoms with Crippen LogP contribution in [0.1, 0.15) is 21.5 Å². The molecule has 0 spiro atoms. The van der Waals surface area contributed by atoms with Crippen molar-refractivity contribution in [3.05, 3.63) is 59.2 Å². The van der Waals surface area contributed by atoms with Crippen LogP contribution in [0.5, 0.6) is 0 Å². The third-order valence-electron chi connectivity index (χ3n) is 2.76. The van der Waals surface area contributed by atoms with E-state index in [0.717, 1.165) is 11.1 Å². The monoisotopic (exact) mass is 242 g/mol. The van der Waals surface area contributed by atoms with E-state index >= 15 is 0 Å². The number of rotatable bonds is 3. The summed E-state index contributed by atoms with van der Waals surface area (Å²) in [7, 11) is 0. The summed E-state index contributed by atoms with van der Waals surface area (Å²) < 4.78 is 0. The molecule has 0 unspecified atom stereocenters. The standard InChI is InChI=1S/C14H14N2O2/c15-12-5-6-13(16)11(8-12)7-9-1-3-10(4-2-9)14(17)18/h1-6,8H,7,15-16H2,(H,17,18). The first-order valence-electron chi connectivity index (χ1n) is 5.52. The summed E-state index contributed by atoms with van der Waals surface area (Å²) in [5.74, 6) is -0.926. The van der Waals surface area contributed by atoms with E-state index < -0.39 is 5.97 Å². The Bertz CT molecular complexity index is 577. The fourth-order valence-electron chi connectivity index (χ4n) is 1.76. The van der Waals surface area contributed by atoms with Gasteiger partial charge in [-0.1, -0.05) is 12.1 Å².